The number of nitrogens with two attached hydrogens (primary N) is 1. The molecule has 0 aromatic carbocycles. The van der Waals surface area contributed by atoms with Crippen LogP contribution in [0.15, 0.2) is 0 Å². The second kappa shape index (κ2) is 5.45. The topological polar surface area (TPSA) is 66.6 Å². The molecule has 0 saturated carbocycles. The van der Waals surface area contributed by atoms with E-state index in [1.165, 1.54) is 0 Å². The van der Waals surface area contributed by atoms with Crippen LogP contribution in [0.25, 0.3) is 0 Å². The minimum atomic E-state index is -3.30. The smallest absolute Gasteiger partial charge is 0.282 e. The van der Waals surface area contributed by atoms with Crippen molar-refractivity contribution in [3.8, 4) is 0 Å². The van der Waals surface area contributed by atoms with Gasteiger partial charge in [-0.25, -0.2) is 0 Å². The van der Waals surface area contributed by atoms with Gasteiger partial charge >= 0.3 is 0 Å². The maximum Gasteiger partial charge on any atom is 0.282 e. The summed E-state index contributed by atoms with van der Waals surface area (Å²) in [5.41, 5.74) is 5.68. The molecule has 6 heteroatoms. The molecule has 2 saturated heterocycles. The summed E-state index contributed by atoms with van der Waals surface area (Å²) in [7, 11) is -3.30. The molecule has 0 spiro atoms. The molecular formula is C12H25N3O2S. The molecule has 0 aromatic heterocycles. The summed E-state index contributed by atoms with van der Waals surface area (Å²) >= 11 is 0. The van der Waals surface area contributed by atoms with Crippen LogP contribution < -0.4 is 5.73 Å². The van der Waals surface area contributed by atoms with Gasteiger partial charge in [-0.15, -0.1) is 0 Å². The van der Waals surface area contributed by atoms with Crippen molar-refractivity contribution in [2.75, 3.05) is 26.2 Å². The quantitative estimate of drug-likeness (QED) is 0.821. The molecule has 2 fully saturated rings. The van der Waals surface area contributed by atoms with E-state index in [1.807, 2.05) is 0 Å². The maximum absolute atomic E-state index is 12.6. The molecular weight excluding hydrogens is 250 g/mol. The molecule has 0 radical (unpaired) electrons. The number of rotatable bonds is 3. The van der Waals surface area contributed by atoms with Crippen molar-refractivity contribution >= 4 is 10.2 Å². The molecule has 18 heavy (non-hydrogen) atoms. The van der Waals surface area contributed by atoms with Gasteiger partial charge in [0.1, 0.15) is 0 Å². The lowest BCUT2D eigenvalue weighted by molar-refractivity contribution is 0.207. The molecule has 0 aliphatic carbocycles. The van der Waals surface area contributed by atoms with Gasteiger partial charge in [0.25, 0.3) is 10.2 Å². The van der Waals surface area contributed by atoms with Crippen LogP contribution in [0.4, 0.5) is 0 Å². The number of hydrogen-bond acceptors (Lipinski definition) is 3. The minimum Gasteiger partial charge on any atom is -0.329 e. The SMILES string of the molecule is C[C@@H]1C[C@H](C)CN(S(=O)(=O)N2CCC[C@H]2CN)C1. The van der Waals surface area contributed by atoms with Crippen molar-refractivity contribution in [2.45, 2.75) is 39.2 Å². The second-order valence-electron chi connectivity index (χ2n) is 5.91. The average Bonchev–Trinajstić information content (AvgIpc) is 2.76. The van der Waals surface area contributed by atoms with Crippen LogP contribution in [0.5, 0.6) is 0 Å². The molecule has 0 aromatic rings. The Morgan fingerprint density at radius 3 is 2.39 bits per heavy atom. The van der Waals surface area contributed by atoms with Gasteiger partial charge in [0.2, 0.25) is 0 Å². The summed E-state index contributed by atoms with van der Waals surface area (Å²) in [6.07, 6.45) is 2.95. The van der Waals surface area contributed by atoms with Crippen LogP contribution in [-0.4, -0.2) is 49.2 Å². The van der Waals surface area contributed by atoms with Crippen molar-refractivity contribution in [1.82, 2.24) is 8.61 Å². The van der Waals surface area contributed by atoms with E-state index >= 15 is 0 Å². The monoisotopic (exact) mass is 275 g/mol. The highest BCUT2D eigenvalue weighted by molar-refractivity contribution is 7.86. The Hall–Kier alpha value is -0.170. The molecule has 106 valence electrons. The first kappa shape index (κ1) is 14.2. The Bertz CT molecular complexity index is 375. The first-order chi connectivity index (χ1) is 8.45. The largest absolute Gasteiger partial charge is 0.329 e. The molecule has 2 aliphatic rings. The molecule has 2 N–H and O–H groups in total. The predicted octanol–water partition coefficient (Wildman–Crippen LogP) is 0.632. The van der Waals surface area contributed by atoms with E-state index in [9.17, 15) is 8.42 Å². The Balaban J connectivity index is 2.15. The highest BCUT2D eigenvalue weighted by Gasteiger charge is 2.39. The molecule has 0 unspecified atom stereocenters. The van der Waals surface area contributed by atoms with Crippen LogP contribution in [-0.2, 0) is 10.2 Å². The Morgan fingerprint density at radius 2 is 1.83 bits per heavy atom. The molecule has 2 heterocycles. The summed E-state index contributed by atoms with van der Waals surface area (Å²) < 4.78 is 28.6. The summed E-state index contributed by atoms with van der Waals surface area (Å²) in [6, 6.07) is 0.00235. The van der Waals surface area contributed by atoms with E-state index in [1.54, 1.807) is 8.61 Å². The summed E-state index contributed by atoms with van der Waals surface area (Å²) in [6.45, 7) is 6.62. The predicted molar refractivity (Wildman–Crippen MR) is 72.2 cm³/mol. The lowest BCUT2D eigenvalue weighted by atomic mass is 9.94. The summed E-state index contributed by atoms with van der Waals surface area (Å²) in [5.74, 6) is 0.893. The standard InChI is InChI=1S/C12H25N3O2S/c1-10-6-11(2)9-14(8-10)18(16,17)15-5-3-4-12(15)7-13/h10-12H,3-9,13H2,1-2H3/t10-,11+,12-/m0/s1. The van der Waals surface area contributed by atoms with E-state index in [0.717, 1.165) is 19.3 Å². The highest BCUT2D eigenvalue weighted by Crippen LogP contribution is 2.28. The van der Waals surface area contributed by atoms with Gasteiger partial charge < -0.3 is 5.73 Å². The molecule has 0 amide bonds. The zero-order valence-corrected chi connectivity index (χ0v) is 12.2. The molecule has 5 nitrogen and oxygen atoms in total. The van der Waals surface area contributed by atoms with Crippen molar-refractivity contribution in [2.24, 2.45) is 17.6 Å². The summed E-state index contributed by atoms with van der Waals surface area (Å²) in [4.78, 5) is 0. The first-order valence-electron chi connectivity index (χ1n) is 6.92. The van der Waals surface area contributed by atoms with Crippen LogP contribution >= 0.6 is 0 Å². The van der Waals surface area contributed by atoms with Gasteiger partial charge in [-0.3, -0.25) is 0 Å². The van der Waals surface area contributed by atoms with E-state index in [-0.39, 0.29) is 6.04 Å². The zero-order chi connectivity index (χ0) is 13.3. The fourth-order valence-electron chi connectivity index (χ4n) is 3.29. The van der Waals surface area contributed by atoms with Crippen LogP contribution in [0.1, 0.15) is 33.1 Å². The Labute approximate surface area is 110 Å². The van der Waals surface area contributed by atoms with E-state index in [0.29, 0.717) is 38.0 Å². The minimum absolute atomic E-state index is 0.00235. The van der Waals surface area contributed by atoms with Gasteiger partial charge in [0.15, 0.2) is 0 Å². The van der Waals surface area contributed by atoms with Crippen molar-refractivity contribution in [1.29, 1.82) is 0 Å². The fourth-order valence-corrected chi connectivity index (χ4v) is 5.40. The Kier molecular flexibility index (Phi) is 4.31. The lowest BCUT2D eigenvalue weighted by Crippen LogP contribution is -2.52. The van der Waals surface area contributed by atoms with Crippen LogP contribution in [0.3, 0.4) is 0 Å². The van der Waals surface area contributed by atoms with Gasteiger partial charge in [0.05, 0.1) is 0 Å². The second-order valence-corrected chi connectivity index (χ2v) is 7.79. The van der Waals surface area contributed by atoms with E-state index in [2.05, 4.69) is 13.8 Å². The number of nitrogens with zero attached hydrogens (tertiary/aromatic N) is 2. The van der Waals surface area contributed by atoms with Gasteiger partial charge in [0, 0.05) is 32.2 Å². The molecule has 0 bridgehead atoms. The van der Waals surface area contributed by atoms with E-state index in [4.69, 9.17) is 5.73 Å². The van der Waals surface area contributed by atoms with Crippen molar-refractivity contribution < 1.29 is 8.42 Å². The van der Waals surface area contributed by atoms with Gasteiger partial charge in [-0.05, 0) is 31.1 Å². The fraction of sp³-hybridized carbons (Fsp3) is 1.00. The maximum atomic E-state index is 12.6. The van der Waals surface area contributed by atoms with Crippen LogP contribution in [0.2, 0.25) is 0 Å². The zero-order valence-electron chi connectivity index (χ0n) is 11.4. The molecule has 2 aliphatic heterocycles. The van der Waals surface area contributed by atoms with Crippen molar-refractivity contribution in [3.05, 3.63) is 0 Å². The van der Waals surface area contributed by atoms with Crippen LogP contribution in [0, 0.1) is 11.8 Å². The number of hydrogen-bond donors (Lipinski definition) is 1. The average molecular weight is 275 g/mol. The van der Waals surface area contributed by atoms with E-state index < -0.39 is 10.2 Å². The summed E-state index contributed by atoms with van der Waals surface area (Å²) in [5, 5.41) is 0. The third-order valence-corrected chi connectivity index (χ3v) is 6.08. The van der Waals surface area contributed by atoms with Gasteiger partial charge in [-0.1, -0.05) is 13.8 Å². The first-order valence-corrected chi connectivity index (χ1v) is 8.31. The normalized spacial score (nSPS) is 36.1. The third kappa shape index (κ3) is 2.71. The molecule has 2 rings (SSSR count). The van der Waals surface area contributed by atoms with Crippen molar-refractivity contribution in [3.63, 3.8) is 0 Å². The highest BCUT2D eigenvalue weighted by atomic mass is 32.2. The lowest BCUT2D eigenvalue weighted by Gasteiger charge is -2.37. The number of piperidine rings is 1. The molecule has 3 atom stereocenters. The Morgan fingerprint density at radius 1 is 1.22 bits per heavy atom. The third-order valence-electron chi connectivity index (χ3n) is 4.05. The van der Waals surface area contributed by atoms with Gasteiger partial charge in [-0.2, -0.15) is 17.0 Å².